The molecular formula is C17H24O8. The predicted molar refractivity (Wildman–Crippen MR) is 86.3 cm³/mol. The van der Waals surface area contributed by atoms with Crippen molar-refractivity contribution in [2.45, 2.75) is 50.8 Å². The molecular weight excluding hydrogens is 332 g/mol. The molecule has 0 aromatic heterocycles. The maximum atomic E-state index is 12.5. The van der Waals surface area contributed by atoms with Gasteiger partial charge in [0, 0.05) is 18.1 Å². The quantitative estimate of drug-likeness (QED) is 0.399. The first-order valence-electron chi connectivity index (χ1n) is 8.07. The topological polar surface area (TPSA) is 148 Å². The zero-order chi connectivity index (χ0) is 18.9. The van der Waals surface area contributed by atoms with Crippen molar-refractivity contribution in [3.8, 4) is 11.5 Å². The van der Waals surface area contributed by atoms with Crippen molar-refractivity contribution < 1.29 is 40.2 Å². The van der Waals surface area contributed by atoms with Crippen LogP contribution >= 0.6 is 0 Å². The molecule has 1 aromatic rings. The van der Waals surface area contributed by atoms with Crippen LogP contribution in [0.15, 0.2) is 12.1 Å². The summed E-state index contributed by atoms with van der Waals surface area (Å²) in [5.41, 5.74) is -0.143. The second kappa shape index (κ2) is 7.67. The summed E-state index contributed by atoms with van der Waals surface area (Å²) in [6.45, 7) is 3.02. The molecule has 8 nitrogen and oxygen atoms in total. The normalized spacial score (nSPS) is 29.8. The number of hydrogen-bond donors (Lipinski definition) is 6. The van der Waals surface area contributed by atoms with Crippen LogP contribution in [-0.2, 0) is 4.74 Å². The number of phenolic OH excluding ortho intramolecular Hbond substituents is 2. The number of benzene rings is 1. The number of ether oxygens (including phenoxy) is 1. The molecule has 1 fully saturated rings. The molecule has 1 aliphatic heterocycles. The number of Topliss-reactive ketones (excluding diaryl/α,β-unsaturated/α-hetero) is 1. The van der Waals surface area contributed by atoms with Crippen LogP contribution in [0.2, 0.25) is 0 Å². The van der Waals surface area contributed by atoms with Gasteiger partial charge in [0.25, 0.3) is 0 Å². The summed E-state index contributed by atoms with van der Waals surface area (Å²) in [6, 6.07) is 2.15. The van der Waals surface area contributed by atoms with E-state index in [2.05, 4.69) is 0 Å². The molecule has 0 bridgehead atoms. The Labute approximate surface area is 144 Å². The van der Waals surface area contributed by atoms with Crippen LogP contribution < -0.4 is 0 Å². The highest BCUT2D eigenvalue weighted by molar-refractivity contribution is 6.00. The Bertz CT molecular complexity index is 627. The van der Waals surface area contributed by atoms with E-state index in [9.17, 15) is 35.4 Å². The average Bonchev–Trinajstić information content (AvgIpc) is 2.51. The number of rotatable bonds is 5. The van der Waals surface area contributed by atoms with Gasteiger partial charge in [-0.25, -0.2) is 0 Å². The molecule has 6 N–H and O–H groups in total. The number of ketones is 1. The Balaban J connectivity index is 2.51. The zero-order valence-corrected chi connectivity index (χ0v) is 14.0. The summed E-state index contributed by atoms with van der Waals surface area (Å²) in [5, 5.41) is 59.3. The van der Waals surface area contributed by atoms with Gasteiger partial charge in [-0.2, -0.15) is 0 Å². The molecule has 2 rings (SSSR count). The molecule has 5 atom stereocenters. The summed E-state index contributed by atoms with van der Waals surface area (Å²) in [4.78, 5) is 12.5. The Kier molecular flexibility index (Phi) is 6.02. The van der Waals surface area contributed by atoms with Crippen LogP contribution in [0.5, 0.6) is 11.5 Å². The molecule has 0 radical (unpaired) electrons. The molecule has 1 heterocycles. The van der Waals surface area contributed by atoms with Crippen molar-refractivity contribution in [2.75, 3.05) is 6.61 Å². The highest BCUT2D eigenvalue weighted by atomic mass is 16.5. The standard InChI is InChI=1S/C17H24O8/c1-7(2)3-10(20)13-9(4-8(19)5-11(13)21)17-16(24)15(23)14(22)12(6-18)25-17/h4-5,7,12,14-19,21-24H,3,6H2,1-2H3/t12-,14-,15+,16-,17+/m1/s1. The van der Waals surface area contributed by atoms with E-state index in [1.807, 2.05) is 13.8 Å². The van der Waals surface area contributed by atoms with Gasteiger partial charge in [0.15, 0.2) is 5.78 Å². The monoisotopic (exact) mass is 356 g/mol. The number of carbonyl (C=O) groups excluding carboxylic acids is 1. The van der Waals surface area contributed by atoms with E-state index >= 15 is 0 Å². The number of aliphatic hydroxyl groups is 4. The Morgan fingerprint density at radius 2 is 1.76 bits per heavy atom. The number of phenols is 2. The van der Waals surface area contributed by atoms with Crippen LogP contribution in [0.25, 0.3) is 0 Å². The van der Waals surface area contributed by atoms with Gasteiger partial charge in [-0.05, 0) is 12.0 Å². The SMILES string of the molecule is CC(C)CC(=O)c1c(O)cc(O)cc1[C@@H]1O[C@H](CO)[C@@H](O)[C@H](O)[C@H]1O. The molecule has 0 amide bonds. The van der Waals surface area contributed by atoms with E-state index in [4.69, 9.17) is 4.74 Å². The molecule has 1 aromatic carbocycles. The van der Waals surface area contributed by atoms with Crippen molar-refractivity contribution in [3.63, 3.8) is 0 Å². The fraction of sp³-hybridized carbons (Fsp3) is 0.588. The maximum Gasteiger partial charge on any atom is 0.167 e. The van der Waals surface area contributed by atoms with E-state index in [1.165, 1.54) is 0 Å². The molecule has 140 valence electrons. The maximum absolute atomic E-state index is 12.5. The van der Waals surface area contributed by atoms with E-state index in [0.717, 1.165) is 12.1 Å². The molecule has 1 aliphatic rings. The van der Waals surface area contributed by atoms with Crippen LogP contribution in [0.3, 0.4) is 0 Å². The van der Waals surface area contributed by atoms with Crippen molar-refractivity contribution in [3.05, 3.63) is 23.3 Å². The summed E-state index contributed by atoms with van der Waals surface area (Å²) in [5.74, 6) is -1.24. The molecule has 0 spiro atoms. The van der Waals surface area contributed by atoms with Gasteiger partial charge >= 0.3 is 0 Å². The smallest absolute Gasteiger partial charge is 0.167 e. The lowest BCUT2D eigenvalue weighted by atomic mass is 9.86. The van der Waals surface area contributed by atoms with E-state index in [-0.39, 0.29) is 29.2 Å². The fourth-order valence-electron chi connectivity index (χ4n) is 2.99. The second-order valence-corrected chi connectivity index (χ2v) is 6.70. The first kappa shape index (κ1) is 19.6. The third kappa shape index (κ3) is 3.94. The minimum atomic E-state index is -1.63. The predicted octanol–water partition coefficient (Wildman–Crippen LogP) is -0.159. The van der Waals surface area contributed by atoms with E-state index in [0.29, 0.717) is 0 Å². The average molecular weight is 356 g/mol. The zero-order valence-electron chi connectivity index (χ0n) is 14.0. The van der Waals surface area contributed by atoms with Crippen molar-refractivity contribution in [1.29, 1.82) is 0 Å². The summed E-state index contributed by atoms with van der Waals surface area (Å²) in [7, 11) is 0. The van der Waals surface area contributed by atoms with Gasteiger partial charge in [-0.1, -0.05) is 13.8 Å². The lowest BCUT2D eigenvalue weighted by molar-refractivity contribution is -0.231. The van der Waals surface area contributed by atoms with Crippen molar-refractivity contribution in [2.24, 2.45) is 5.92 Å². The third-order valence-corrected chi connectivity index (χ3v) is 4.20. The number of aliphatic hydroxyl groups excluding tert-OH is 4. The number of hydrogen-bond acceptors (Lipinski definition) is 8. The van der Waals surface area contributed by atoms with E-state index < -0.39 is 48.7 Å². The third-order valence-electron chi connectivity index (χ3n) is 4.20. The molecule has 1 saturated heterocycles. The Morgan fingerprint density at radius 3 is 2.32 bits per heavy atom. The lowest BCUT2D eigenvalue weighted by Crippen LogP contribution is -2.55. The fourth-order valence-corrected chi connectivity index (χ4v) is 2.99. The molecule has 0 saturated carbocycles. The van der Waals surface area contributed by atoms with Gasteiger partial charge in [0.2, 0.25) is 0 Å². The van der Waals surface area contributed by atoms with Crippen molar-refractivity contribution in [1.82, 2.24) is 0 Å². The first-order valence-corrected chi connectivity index (χ1v) is 8.07. The van der Waals surface area contributed by atoms with E-state index in [1.54, 1.807) is 0 Å². The number of carbonyl (C=O) groups is 1. The van der Waals surface area contributed by atoms with Crippen LogP contribution in [0.1, 0.15) is 42.3 Å². The minimum Gasteiger partial charge on any atom is -0.508 e. The molecule has 8 heteroatoms. The van der Waals surface area contributed by atoms with Gasteiger partial charge < -0.3 is 35.4 Å². The van der Waals surface area contributed by atoms with Gasteiger partial charge in [-0.15, -0.1) is 0 Å². The van der Waals surface area contributed by atoms with Crippen LogP contribution in [0, 0.1) is 5.92 Å². The van der Waals surface area contributed by atoms with Crippen LogP contribution in [-0.4, -0.2) is 67.4 Å². The van der Waals surface area contributed by atoms with Gasteiger partial charge in [-0.3, -0.25) is 4.79 Å². The molecule has 25 heavy (non-hydrogen) atoms. The van der Waals surface area contributed by atoms with Crippen LogP contribution in [0.4, 0.5) is 0 Å². The Morgan fingerprint density at radius 1 is 1.12 bits per heavy atom. The minimum absolute atomic E-state index is 0.00311. The van der Waals surface area contributed by atoms with Crippen molar-refractivity contribution >= 4 is 5.78 Å². The second-order valence-electron chi connectivity index (χ2n) is 6.70. The largest absolute Gasteiger partial charge is 0.508 e. The highest BCUT2D eigenvalue weighted by Gasteiger charge is 2.45. The summed E-state index contributed by atoms with van der Waals surface area (Å²) < 4.78 is 5.44. The Hall–Kier alpha value is -1.71. The number of aromatic hydroxyl groups is 2. The summed E-state index contributed by atoms with van der Waals surface area (Å²) in [6.07, 6.45) is -7.17. The van der Waals surface area contributed by atoms with Gasteiger partial charge in [0.1, 0.15) is 42.0 Å². The first-order chi connectivity index (χ1) is 11.7. The van der Waals surface area contributed by atoms with Gasteiger partial charge in [0.05, 0.1) is 12.2 Å². The molecule has 0 unspecified atom stereocenters. The molecule has 0 aliphatic carbocycles. The summed E-state index contributed by atoms with van der Waals surface area (Å²) >= 11 is 0. The highest BCUT2D eigenvalue weighted by Crippen LogP contribution is 2.39. The lowest BCUT2D eigenvalue weighted by Gasteiger charge is -2.40.